The molecule has 1 aliphatic rings. The summed E-state index contributed by atoms with van der Waals surface area (Å²) in [6, 6.07) is 10.8. The van der Waals surface area contributed by atoms with E-state index in [4.69, 9.17) is 0 Å². The van der Waals surface area contributed by atoms with E-state index >= 15 is 0 Å². The van der Waals surface area contributed by atoms with Gasteiger partial charge in [-0.2, -0.15) is 0 Å². The summed E-state index contributed by atoms with van der Waals surface area (Å²) in [4.78, 5) is 31.2. The molecule has 0 fully saturated rings. The van der Waals surface area contributed by atoms with Gasteiger partial charge in [-0.05, 0) is 42.3 Å². The third-order valence-electron chi connectivity index (χ3n) is 4.65. The minimum Gasteiger partial charge on any atom is -0.494 e. The molecule has 0 amide bonds. The molecule has 0 atom stereocenters. The van der Waals surface area contributed by atoms with Gasteiger partial charge >= 0.3 is 5.69 Å². The van der Waals surface area contributed by atoms with Crippen LogP contribution in [0.4, 0.5) is 10.1 Å². The number of H-pyrrole nitrogens is 1. The number of fused-ring (bicyclic) bond motifs is 1. The summed E-state index contributed by atoms with van der Waals surface area (Å²) in [5.41, 5.74) is 2.01. The second kappa shape index (κ2) is 6.77. The quantitative estimate of drug-likeness (QED) is 0.735. The van der Waals surface area contributed by atoms with Gasteiger partial charge in [0.05, 0.1) is 11.4 Å². The topological polar surface area (TPSA) is 87.4 Å². The van der Waals surface area contributed by atoms with Gasteiger partial charge in [0.25, 0.3) is 5.56 Å². The summed E-state index contributed by atoms with van der Waals surface area (Å²) in [6.07, 6.45) is 3.92. The van der Waals surface area contributed by atoms with E-state index < -0.39 is 22.9 Å². The highest BCUT2D eigenvalue weighted by atomic mass is 19.1. The number of nitrogens with zero attached hydrogens (tertiary/aromatic N) is 2. The summed E-state index contributed by atoms with van der Waals surface area (Å²) in [5.74, 6) is -1.00. The molecular weight excluding hydrogens is 361 g/mol. The van der Waals surface area contributed by atoms with Crippen molar-refractivity contribution in [3.8, 4) is 11.6 Å². The lowest BCUT2D eigenvalue weighted by Gasteiger charge is -2.10. The molecule has 3 aromatic rings. The van der Waals surface area contributed by atoms with Crippen molar-refractivity contribution in [1.29, 1.82) is 0 Å². The van der Waals surface area contributed by atoms with Crippen LogP contribution in [0.5, 0.6) is 5.88 Å². The molecule has 7 heteroatoms. The van der Waals surface area contributed by atoms with Crippen molar-refractivity contribution >= 4 is 23.6 Å². The van der Waals surface area contributed by atoms with Crippen LogP contribution in [0, 0.1) is 5.82 Å². The summed E-state index contributed by atoms with van der Waals surface area (Å²) in [5, 5.41) is 10.6. The average molecular weight is 377 g/mol. The monoisotopic (exact) mass is 377 g/mol. The van der Waals surface area contributed by atoms with E-state index in [2.05, 4.69) is 9.98 Å². The summed E-state index contributed by atoms with van der Waals surface area (Å²) in [6.45, 7) is 2.03. The van der Waals surface area contributed by atoms with Crippen LogP contribution in [0.25, 0.3) is 17.3 Å². The van der Waals surface area contributed by atoms with Gasteiger partial charge in [0.1, 0.15) is 11.4 Å². The molecule has 0 radical (unpaired) electrons. The molecule has 0 bridgehead atoms. The highest BCUT2D eigenvalue weighted by Crippen LogP contribution is 2.36. The Hall–Kier alpha value is -3.74. The number of aromatic nitrogens is 2. The highest BCUT2D eigenvalue weighted by Gasteiger charge is 2.19. The van der Waals surface area contributed by atoms with Crippen molar-refractivity contribution < 1.29 is 9.50 Å². The van der Waals surface area contributed by atoms with E-state index in [-0.39, 0.29) is 11.3 Å². The van der Waals surface area contributed by atoms with Gasteiger partial charge in [0.15, 0.2) is 0 Å². The fourth-order valence-electron chi connectivity index (χ4n) is 3.23. The molecule has 0 spiro atoms. The molecule has 0 aliphatic carbocycles. The van der Waals surface area contributed by atoms with Crippen LogP contribution in [-0.4, -0.2) is 20.9 Å². The van der Waals surface area contributed by atoms with E-state index in [0.717, 1.165) is 39.9 Å². The third kappa shape index (κ3) is 2.87. The van der Waals surface area contributed by atoms with Crippen molar-refractivity contribution in [2.75, 3.05) is 0 Å². The van der Waals surface area contributed by atoms with Crippen LogP contribution in [-0.2, 0) is 6.42 Å². The maximum Gasteiger partial charge on any atom is 0.335 e. The van der Waals surface area contributed by atoms with Gasteiger partial charge in [0.2, 0.25) is 5.88 Å². The molecule has 4 rings (SSSR count). The summed E-state index contributed by atoms with van der Waals surface area (Å²) < 4.78 is 14.1. The SMILES string of the molecule is CCc1cccc2c1N=CC2=Cc1c(O)n(-c2ccc(F)cc2)c(=O)[nH]c1=O. The third-order valence-corrected chi connectivity index (χ3v) is 4.65. The van der Waals surface area contributed by atoms with Gasteiger partial charge in [-0.3, -0.25) is 14.8 Å². The second-order valence-electron chi connectivity index (χ2n) is 6.33. The molecule has 1 aromatic heterocycles. The van der Waals surface area contributed by atoms with Crippen LogP contribution in [0.1, 0.15) is 23.6 Å². The number of hydrogen-bond donors (Lipinski definition) is 2. The molecule has 28 heavy (non-hydrogen) atoms. The van der Waals surface area contributed by atoms with Gasteiger partial charge in [-0.1, -0.05) is 25.1 Å². The number of aromatic amines is 1. The van der Waals surface area contributed by atoms with Crippen LogP contribution in [0.2, 0.25) is 0 Å². The van der Waals surface area contributed by atoms with E-state index in [9.17, 15) is 19.1 Å². The van der Waals surface area contributed by atoms with E-state index in [1.807, 2.05) is 25.1 Å². The molecular formula is C21H16FN3O3. The zero-order valence-electron chi connectivity index (χ0n) is 14.9. The lowest BCUT2D eigenvalue weighted by molar-refractivity contribution is 0.429. The highest BCUT2D eigenvalue weighted by molar-refractivity contribution is 6.21. The summed E-state index contributed by atoms with van der Waals surface area (Å²) >= 11 is 0. The lowest BCUT2D eigenvalue weighted by atomic mass is 10.0. The van der Waals surface area contributed by atoms with Crippen molar-refractivity contribution in [2.24, 2.45) is 4.99 Å². The molecule has 2 heterocycles. The van der Waals surface area contributed by atoms with Gasteiger partial charge in [-0.15, -0.1) is 0 Å². The number of halogens is 1. The number of allylic oxidation sites excluding steroid dienone is 1. The number of nitrogens with one attached hydrogen (secondary N) is 1. The normalized spacial score (nSPS) is 13.9. The molecule has 140 valence electrons. The largest absolute Gasteiger partial charge is 0.494 e. The minimum absolute atomic E-state index is 0.0832. The zero-order valence-corrected chi connectivity index (χ0v) is 14.9. The van der Waals surface area contributed by atoms with Crippen molar-refractivity contribution in [3.63, 3.8) is 0 Å². The number of rotatable bonds is 3. The molecule has 0 unspecified atom stereocenters. The van der Waals surface area contributed by atoms with Gasteiger partial charge in [-0.25, -0.2) is 13.8 Å². The number of benzene rings is 2. The predicted molar refractivity (Wildman–Crippen MR) is 106 cm³/mol. The van der Waals surface area contributed by atoms with Gasteiger partial charge < -0.3 is 5.11 Å². The van der Waals surface area contributed by atoms with Crippen molar-refractivity contribution in [1.82, 2.24) is 9.55 Å². The lowest BCUT2D eigenvalue weighted by Crippen LogP contribution is -2.30. The number of para-hydroxylation sites is 1. The Kier molecular flexibility index (Phi) is 4.27. The first-order chi connectivity index (χ1) is 13.5. The number of aliphatic imine (C=N–C) groups is 1. The Morgan fingerprint density at radius 1 is 1.18 bits per heavy atom. The molecule has 6 nitrogen and oxygen atoms in total. The number of aryl methyl sites for hydroxylation is 1. The molecule has 1 aliphatic heterocycles. The Labute approximate surface area is 159 Å². The van der Waals surface area contributed by atoms with Crippen molar-refractivity contribution in [2.45, 2.75) is 13.3 Å². The predicted octanol–water partition coefficient (Wildman–Crippen LogP) is 3.19. The number of hydrogen-bond acceptors (Lipinski definition) is 4. The Morgan fingerprint density at radius 2 is 1.93 bits per heavy atom. The maximum absolute atomic E-state index is 13.2. The second-order valence-corrected chi connectivity index (χ2v) is 6.33. The van der Waals surface area contributed by atoms with E-state index in [0.29, 0.717) is 5.57 Å². The average Bonchev–Trinajstić information content (AvgIpc) is 3.09. The number of aromatic hydroxyl groups is 1. The molecule has 0 saturated carbocycles. The Bertz CT molecular complexity index is 1250. The van der Waals surface area contributed by atoms with Crippen LogP contribution < -0.4 is 11.2 Å². The Morgan fingerprint density at radius 3 is 2.64 bits per heavy atom. The molecule has 0 saturated heterocycles. The fraction of sp³-hybridized carbons (Fsp3) is 0.0952. The Balaban J connectivity index is 1.90. The van der Waals surface area contributed by atoms with Crippen LogP contribution in [0.3, 0.4) is 0 Å². The van der Waals surface area contributed by atoms with E-state index in [1.165, 1.54) is 18.2 Å². The zero-order chi connectivity index (χ0) is 19.8. The van der Waals surface area contributed by atoms with Crippen molar-refractivity contribution in [3.05, 3.63) is 85.8 Å². The maximum atomic E-state index is 13.2. The van der Waals surface area contributed by atoms with Crippen LogP contribution in [0.15, 0.2) is 57.0 Å². The summed E-state index contributed by atoms with van der Waals surface area (Å²) in [7, 11) is 0. The first kappa shape index (κ1) is 17.7. The van der Waals surface area contributed by atoms with E-state index in [1.54, 1.807) is 6.21 Å². The van der Waals surface area contributed by atoms with Gasteiger partial charge in [0, 0.05) is 17.4 Å². The van der Waals surface area contributed by atoms with Crippen LogP contribution >= 0.6 is 0 Å². The smallest absolute Gasteiger partial charge is 0.335 e. The standard InChI is InChI=1S/C21H16FN3O3/c1-2-12-4-3-5-16-13(11-23-18(12)16)10-17-19(26)24-21(28)25(20(17)27)15-8-6-14(22)7-9-15/h3-11,27H,2H2,1H3,(H,24,26,28). The molecule has 2 aromatic carbocycles. The molecule has 2 N–H and O–H groups in total. The first-order valence-corrected chi connectivity index (χ1v) is 8.72. The fourth-order valence-corrected chi connectivity index (χ4v) is 3.23. The minimum atomic E-state index is -0.815. The first-order valence-electron chi connectivity index (χ1n) is 8.72.